The number of rotatable bonds is 5. The van der Waals surface area contributed by atoms with Crippen LogP contribution in [0.25, 0.3) is 0 Å². The van der Waals surface area contributed by atoms with Crippen LogP contribution in [0.4, 0.5) is 4.79 Å². The summed E-state index contributed by atoms with van der Waals surface area (Å²) in [6.45, 7) is 19.9. The zero-order chi connectivity index (χ0) is 34.5. The Bertz CT molecular complexity index is 1390. The fraction of sp³-hybridized carbons (Fsp3) is 0.842. The van der Waals surface area contributed by atoms with Crippen molar-refractivity contribution in [1.82, 2.24) is 0 Å². The molecule has 0 bridgehead atoms. The van der Waals surface area contributed by atoms with Gasteiger partial charge >= 0.3 is 12.1 Å². The van der Waals surface area contributed by atoms with Crippen LogP contribution in [0, 0.1) is 50.7 Å². The summed E-state index contributed by atoms with van der Waals surface area (Å²) in [5.41, 5.74) is -0.633. The van der Waals surface area contributed by atoms with Gasteiger partial charge in [-0.25, -0.2) is 4.79 Å². The molecule has 47 heavy (non-hydrogen) atoms. The van der Waals surface area contributed by atoms with E-state index in [4.69, 9.17) is 23.7 Å². The van der Waals surface area contributed by atoms with Gasteiger partial charge in [-0.2, -0.15) is 0 Å². The molecule has 0 aromatic carbocycles. The molecule has 0 aromatic heterocycles. The van der Waals surface area contributed by atoms with Gasteiger partial charge in [0.2, 0.25) is 11.6 Å². The summed E-state index contributed by atoms with van der Waals surface area (Å²) in [6, 6.07) is 0. The molecule has 6 aliphatic rings. The molecule has 4 saturated carbocycles. The van der Waals surface area contributed by atoms with Gasteiger partial charge in [0.25, 0.3) is 0 Å². The lowest BCUT2D eigenvalue weighted by Crippen LogP contribution is -2.66. The molecule has 1 aliphatic heterocycles. The third-order valence-electron chi connectivity index (χ3n) is 14.6. The summed E-state index contributed by atoms with van der Waals surface area (Å²) in [5.74, 6) is -1.76. The Labute approximate surface area is 280 Å². The molecule has 6 rings (SSSR count). The first kappa shape index (κ1) is 34.6. The Kier molecular flexibility index (Phi) is 8.19. The minimum absolute atomic E-state index is 0.0162. The maximum Gasteiger partial charge on any atom is 0.508 e. The van der Waals surface area contributed by atoms with Crippen molar-refractivity contribution in [2.45, 2.75) is 132 Å². The Balaban J connectivity index is 1.25. The highest BCUT2D eigenvalue weighted by molar-refractivity contribution is 6.52. The molecule has 9 nitrogen and oxygen atoms in total. The highest BCUT2D eigenvalue weighted by atomic mass is 16.8. The largest absolute Gasteiger partial charge is 0.508 e. The van der Waals surface area contributed by atoms with E-state index in [1.54, 1.807) is 0 Å². The van der Waals surface area contributed by atoms with Gasteiger partial charge in [0.05, 0.1) is 13.7 Å². The van der Waals surface area contributed by atoms with Gasteiger partial charge in [0.15, 0.2) is 11.2 Å². The van der Waals surface area contributed by atoms with E-state index in [1.165, 1.54) is 7.11 Å². The lowest BCUT2D eigenvalue weighted by molar-refractivity contribution is -0.230. The third-order valence-corrected chi connectivity index (χ3v) is 14.6. The molecule has 0 radical (unpaired) electrons. The zero-order valence-corrected chi connectivity index (χ0v) is 30.2. The van der Waals surface area contributed by atoms with Gasteiger partial charge in [-0.15, -0.1) is 0 Å². The molecule has 0 aromatic rings. The predicted octanol–water partition coefficient (Wildman–Crippen LogP) is 6.99. The van der Waals surface area contributed by atoms with E-state index in [-0.39, 0.29) is 52.3 Å². The Morgan fingerprint density at radius 2 is 1.57 bits per heavy atom. The molecule has 1 heterocycles. The number of fused-ring (bicyclic) bond motifs is 7. The minimum Gasteiger partial charge on any atom is -0.468 e. The lowest BCUT2D eigenvalue weighted by atomic mass is 9.33. The van der Waals surface area contributed by atoms with Crippen molar-refractivity contribution in [1.29, 1.82) is 0 Å². The first-order chi connectivity index (χ1) is 21.8. The van der Waals surface area contributed by atoms with Gasteiger partial charge in [0.1, 0.15) is 18.8 Å². The summed E-state index contributed by atoms with van der Waals surface area (Å²) in [5, 5.41) is 0. The number of methoxy groups -OCH3 is 1. The van der Waals surface area contributed by atoms with Crippen LogP contribution in [-0.2, 0) is 38.1 Å². The maximum absolute atomic E-state index is 13.7. The minimum atomic E-state index is -1.47. The summed E-state index contributed by atoms with van der Waals surface area (Å²) < 4.78 is 28.2. The summed E-state index contributed by atoms with van der Waals surface area (Å²) in [4.78, 5) is 53.7. The van der Waals surface area contributed by atoms with E-state index in [0.29, 0.717) is 36.9 Å². The van der Waals surface area contributed by atoms with Crippen LogP contribution in [0.3, 0.4) is 0 Å². The second kappa shape index (κ2) is 11.1. The topological polar surface area (TPSA) is 114 Å². The normalized spacial score (nSPS) is 43.5. The fourth-order valence-electron chi connectivity index (χ4n) is 12.2. The molecule has 5 aliphatic carbocycles. The second-order valence-electron chi connectivity index (χ2n) is 17.6. The number of Topliss-reactive ketones (excluding diaryl/α,β-unsaturated/α-hetero) is 2. The van der Waals surface area contributed by atoms with E-state index >= 15 is 0 Å². The van der Waals surface area contributed by atoms with Crippen molar-refractivity contribution in [2.24, 2.45) is 50.7 Å². The van der Waals surface area contributed by atoms with Crippen molar-refractivity contribution < 1.29 is 42.9 Å². The van der Waals surface area contributed by atoms with Crippen LogP contribution in [-0.4, -0.2) is 62.0 Å². The monoisotopic (exact) mass is 656 g/mol. The Morgan fingerprint density at radius 3 is 2.19 bits per heavy atom. The first-order valence-electron chi connectivity index (χ1n) is 17.9. The van der Waals surface area contributed by atoms with Gasteiger partial charge in [0, 0.05) is 11.0 Å². The van der Waals surface area contributed by atoms with Crippen LogP contribution in [0.5, 0.6) is 0 Å². The molecule has 0 amide bonds. The SMILES string of the molecule is COC(=O)[C@@]12CC[C@]3(C)[C@H](CCC4[C@@]5(C)CCC(OC(=O)OCC6COC(C)(C)O6)C(C)(C)[C@@H]5CC[C@]43C)C1=C(C(C)C)C(=O)C2=O. The fourth-order valence-corrected chi connectivity index (χ4v) is 12.2. The molecule has 1 saturated heterocycles. The van der Waals surface area contributed by atoms with E-state index < -0.39 is 34.9 Å². The lowest BCUT2D eigenvalue weighted by Gasteiger charge is -2.71. The molecule has 5 fully saturated rings. The molecule has 0 N–H and O–H groups in total. The molecule has 262 valence electrons. The number of hydrogen-bond acceptors (Lipinski definition) is 9. The van der Waals surface area contributed by atoms with Gasteiger partial charge in [-0.05, 0) is 111 Å². The quantitative estimate of drug-likeness (QED) is 0.175. The van der Waals surface area contributed by atoms with E-state index in [0.717, 1.165) is 44.1 Å². The van der Waals surface area contributed by atoms with Crippen molar-refractivity contribution in [2.75, 3.05) is 20.3 Å². The van der Waals surface area contributed by atoms with Crippen LogP contribution < -0.4 is 0 Å². The molecular formula is C38H56O9. The molecular weight excluding hydrogens is 600 g/mol. The predicted molar refractivity (Wildman–Crippen MR) is 173 cm³/mol. The first-order valence-corrected chi connectivity index (χ1v) is 17.9. The maximum atomic E-state index is 13.7. The standard InChI is InChI=1S/C38H56O9/c1-21(2)27-28-23-11-12-25-35(7)15-14-26(46-32(42)44-19-22-20-45-34(5,6)47-22)33(3,4)24(35)13-16-37(25,9)36(23,8)17-18-38(28,31(41)43-10)30(40)29(27)39/h21-26H,11-20H2,1-10H3/t22?,23-,24+,25?,26?,35+,36-,37-,38+/m1/s1. The number of esters is 1. The highest BCUT2D eigenvalue weighted by Gasteiger charge is 2.73. The van der Waals surface area contributed by atoms with Crippen LogP contribution in [0.2, 0.25) is 0 Å². The summed E-state index contributed by atoms with van der Waals surface area (Å²) >= 11 is 0. The Morgan fingerprint density at radius 1 is 0.872 bits per heavy atom. The zero-order valence-electron chi connectivity index (χ0n) is 30.2. The van der Waals surface area contributed by atoms with E-state index in [9.17, 15) is 19.2 Å². The Hall–Kier alpha value is -2.26. The third kappa shape index (κ3) is 4.74. The number of carbonyl (C=O) groups is 4. The van der Waals surface area contributed by atoms with Gasteiger partial charge in [-0.3, -0.25) is 14.4 Å². The van der Waals surface area contributed by atoms with Crippen molar-refractivity contribution >= 4 is 23.7 Å². The molecule has 0 spiro atoms. The number of hydrogen-bond donors (Lipinski definition) is 0. The molecule has 3 unspecified atom stereocenters. The van der Waals surface area contributed by atoms with Crippen LogP contribution in [0.15, 0.2) is 11.1 Å². The number of allylic oxidation sites excluding steroid dienone is 1. The average molecular weight is 657 g/mol. The van der Waals surface area contributed by atoms with Crippen molar-refractivity contribution in [3.8, 4) is 0 Å². The molecule has 9 heteroatoms. The number of ether oxygens (including phenoxy) is 5. The smallest absolute Gasteiger partial charge is 0.468 e. The number of ketones is 2. The summed E-state index contributed by atoms with van der Waals surface area (Å²) in [7, 11) is 1.33. The van der Waals surface area contributed by atoms with E-state index in [2.05, 4.69) is 34.6 Å². The van der Waals surface area contributed by atoms with Crippen LogP contribution in [0.1, 0.15) is 114 Å². The van der Waals surface area contributed by atoms with Gasteiger partial charge < -0.3 is 23.7 Å². The van der Waals surface area contributed by atoms with Crippen molar-refractivity contribution in [3.05, 3.63) is 11.1 Å². The second-order valence-corrected chi connectivity index (χ2v) is 17.6. The number of carbonyl (C=O) groups excluding carboxylic acids is 4. The van der Waals surface area contributed by atoms with Gasteiger partial charge in [-0.1, -0.05) is 48.5 Å². The summed E-state index contributed by atoms with van der Waals surface area (Å²) in [6.07, 6.45) is 5.29. The van der Waals surface area contributed by atoms with E-state index in [1.807, 2.05) is 27.7 Å². The highest BCUT2D eigenvalue weighted by Crippen LogP contribution is 2.76. The van der Waals surface area contributed by atoms with Crippen molar-refractivity contribution in [3.63, 3.8) is 0 Å². The average Bonchev–Trinajstić information content (AvgIpc) is 3.46. The molecule has 9 atom stereocenters. The van der Waals surface area contributed by atoms with Crippen LogP contribution >= 0.6 is 0 Å².